The molecule has 1 aliphatic heterocycles. The van der Waals surface area contributed by atoms with E-state index in [0.29, 0.717) is 6.10 Å². The van der Waals surface area contributed by atoms with Crippen molar-refractivity contribution in [1.82, 2.24) is 10.2 Å². The standard InChI is InChI=1S/C22H38N4O2.HI/c1-23-22(26-15-12-21(13-16-26)28-18-6-17-27-4)24-14-5-7-19-8-10-20(11-9-19)25(2)3;/h8-11,21H,5-7,12-18H2,1-4H3,(H,23,24);1H. The van der Waals surface area contributed by atoms with E-state index in [-0.39, 0.29) is 24.0 Å². The Morgan fingerprint density at radius 3 is 2.41 bits per heavy atom. The van der Waals surface area contributed by atoms with Crippen LogP contribution in [0.25, 0.3) is 0 Å². The minimum Gasteiger partial charge on any atom is -0.385 e. The van der Waals surface area contributed by atoms with E-state index in [2.05, 4.69) is 58.5 Å². The van der Waals surface area contributed by atoms with Crippen LogP contribution in [0, 0.1) is 0 Å². The number of piperidine rings is 1. The summed E-state index contributed by atoms with van der Waals surface area (Å²) in [6.45, 7) is 4.51. The van der Waals surface area contributed by atoms with Crippen LogP contribution in [0.1, 0.15) is 31.2 Å². The summed E-state index contributed by atoms with van der Waals surface area (Å²) in [6.07, 6.45) is 5.64. The summed E-state index contributed by atoms with van der Waals surface area (Å²) in [4.78, 5) is 8.94. The van der Waals surface area contributed by atoms with Crippen LogP contribution in [0.4, 0.5) is 5.69 Å². The lowest BCUT2D eigenvalue weighted by Gasteiger charge is -2.34. The maximum absolute atomic E-state index is 5.95. The molecule has 0 amide bonds. The molecule has 29 heavy (non-hydrogen) atoms. The van der Waals surface area contributed by atoms with Crippen molar-refractivity contribution in [2.45, 2.75) is 38.2 Å². The van der Waals surface area contributed by atoms with Crippen molar-refractivity contribution >= 4 is 35.6 Å². The Labute approximate surface area is 194 Å². The van der Waals surface area contributed by atoms with Crippen LogP contribution < -0.4 is 10.2 Å². The van der Waals surface area contributed by atoms with Crippen molar-refractivity contribution in [1.29, 1.82) is 0 Å². The molecule has 0 unspecified atom stereocenters. The molecule has 0 aromatic heterocycles. The number of nitrogens with zero attached hydrogens (tertiary/aromatic N) is 3. The maximum Gasteiger partial charge on any atom is 0.193 e. The normalized spacial score (nSPS) is 15.2. The summed E-state index contributed by atoms with van der Waals surface area (Å²) in [7, 11) is 7.75. The number of methoxy groups -OCH3 is 1. The van der Waals surface area contributed by atoms with E-state index in [1.165, 1.54) is 11.3 Å². The van der Waals surface area contributed by atoms with Crippen molar-refractivity contribution < 1.29 is 9.47 Å². The highest BCUT2D eigenvalue weighted by Gasteiger charge is 2.21. The highest BCUT2D eigenvalue weighted by molar-refractivity contribution is 14.0. The Morgan fingerprint density at radius 1 is 1.14 bits per heavy atom. The fourth-order valence-corrected chi connectivity index (χ4v) is 3.47. The Balaban J connectivity index is 0.00000420. The van der Waals surface area contributed by atoms with E-state index in [4.69, 9.17) is 9.47 Å². The van der Waals surface area contributed by atoms with Crippen LogP contribution in [-0.2, 0) is 15.9 Å². The van der Waals surface area contributed by atoms with E-state index in [1.807, 2.05) is 7.05 Å². The molecule has 0 spiro atoms. The van der Waals surface area contributed by atoms with E-state index in [0.717, 1.165) is 70.9 Å². The predicted octanol–water partition coefficient (Wildman–Crippen LogP) is 3.40. The summed E-state index contributed by atoms with van der Waals surface area (Å²) in [6, 6.07) is 8.81. The third kappa shape index (κ3) is 9.53. The average molecular weight is 518 g/mol. The number of hydrogen-bond acceptors (Lipinski definition) is 4. The monoisotopic (exact) mass is 518 g/mol. The predicted molar refractivity (Wildman–Crippen MR) is 133 cm³/mol. The maximum atomic E-state index is 5.95. The quantitative estimate of drug-likeness (QED) is 0.223. The third-order valence-corrected chi connectivity index (χ3v) is 5.18. The molecule has 1 saturated heterocycles. The van der Waals surface area contributed by atoms with Gasteiger partial charge in [0.05, 0.1) is 6.10 Å². The van der Waals surface area contributed by atoms with Gasteiger partial charge in [-0.25, -0.2) is 0 Å². The van der Waals surface area contributed by atoms with Crippen LogP contribution in [0.2, 0.25) is 0 Å². The lowest BCUT2D eigenvalue weighted by molar-refractivity contribution is 0.00991. The molecular weight excluding hydrogens is 479 g/mol. The molecule has 0 atom stereocenters. The minimum atomic E-state index is 0. The average Bonchev–Trinajstić information content (AvgIpc) is 2.72. The molecule has 1 N–H and O–H groups in total. The Bertz CT molecular complexity index is 573. The molecule has 1 aromatic rings. The highest BCUT2D eigenvalue weighted by Crippen LogP contribution is 2.15. The number of halogens is 1. The van der Waals surface area contributed by atoms with Crippen LogP contribution in [0.3, 0.4) is 0 Å². The van der Waals surface area contributed by atoms with Gasteiger partial charge in [-0.2, -0.15) is 0 Å². The van der Waals surface area contributed by atoms with Crippen molar-refractivity contribution in [3.05, 3.63) is 29.8 Å². The van der Waals surface area contributed by atoms with Gasteiger partial charge in [0.15, 0.2) is 5.96 Å². The van der Waals surface area contributed by atoms with Crippen molar-refractivity contribution in [2.24, 2.45) is 4.99 Å². The second-order valence-electron chi connectivity index (χ2n) is 7.54. The van der Waals surface area contributed by atoms with Crippen LogP contribution in [0.5, 0.6) is 0 Å². The summed E-state index contributed by atoms with van der Waals surface area (Å²) >= 11 is 0. The van der Waals surface area contributed by atoms with Gasteiger partial charge in [0.25, 0.3) is 0 Å². The zero-order chi connectivity index (χ0) is 20.2. The summed E-state index contributed by atoms with van der Waals surface area (Å²) in [5, 5.41) is 3.52. The molecule has 6 nitrogen and oxygen atoms in total. The highest BCUT2D eigenvalue weighted by atomic mass is 127. The Hall–Kier alpha value is -1.06. The molecule has 0 radical (unpaired) electrons. The fourth-order valence-electron chi connectivity index (χ4n) is 3.47. The van der Waals surface area contributed by atoms with Gasteiger partial charge in [0.2, 0.25) is 0 Å². The molecule has 1 heterocycles. The lowest BCUT2D eigenvalue weighted by atomic mass is 10.1. The zero-order valence-electron chi connectivity index (χ0n) is 18.5. The lowest BCUT2D eigenvalue weighted by Crippen LogP contribution is -2.47. The van der Waals surface area contributed by atoms with E-state index >= 15 is 0 Å². The van der Waals surface area contributed by atoms with Crippen molar-refractivity contribution in [3.8, 4) is 0 Å². The zero-order valence-corrected chi connectivity index (χ0v) is 20.9. The number of likely N-dealkylation sites (tertiary alicyclic amines) is 1. The van der Waals surface area contributed by atoms with Crippen LogP contribution >= 0.6 is 24.0 Å². The van der Waals surface area contributed by atoms with Gasteiger partial charge in [-0.15, -0.1) is 24.0 Å². The smallest absolute Gasteiger partial charge is 0.193 e. The van der Waals surface area contributed by atoms with Gasteiger partial charge in [0.1, 0.15) is 0 Å². The van der Waals surface area contributed by atoms with Gasteiger partial charge < -0.3 is 24.6 Å². The van der Waals surface area contributed by atoms with Crippen molar-refractivity contribution in [2.75, 3.05) is 66.0 Å². The summed E-state index contributed by atoms with van der Waals surface area (Å²) < 4.78 is 11.0. The molecule has 166 valence electrons. The number of aliphatic imine (C=N–C) groups is 1. The molecule has 2 rings (SSSR count). The Morgan fingerprint density at radius 2 is 1.83 bits per heavy atom. The molecule has 7 heteroatoms. The molecule has 0 aliphatic carbocycles. The van der Waals surface area contributed by atoms with Gasteiger partial charge in [-0.1, -0.05) is 12.1 Å². The van der Waals surface area contributed by atoms with Crippen LogP contribution in [-0.4, -0.2) is 78.1 Å². The first-order chi connectivity index (χ1) is 13.6. The molecule has 1 aliphatic rings. The summed E-state index contributed by atoms with van der Waals surface area (Å²) in [5.41, 5.74) is 2.63. The topological polar surface area (TPSA) is 49.3 Å². The molecule has 0 bridgehead atoms. The van der Waals surface area contributed by atoms with E-state index < -0.39 is 0 Å². The Kier molecular flexibility index (Phi) is 13.3. The largest absolute Gasteiger partial charge is 0.385 e. The molecule has 1 fully saturated rings. The second-order valence-corrected chi connectivity index (χ2v) is 7.54. The number of ether oxygens (including phenoxy) is 2. The van der Waals surface area contributed by atoms with Crippen LogP contribution in [0.15, 0.2) is 29.3 Å². The number of hydrogen-bond donors (Lipinski definition) is 1. The van der Waals surface area contributed by atoms with Gasteiger partial charge in [-0.3, -0.25) is 4.99 Å². The number of benzene rings is 1. The molecular formula is C22H39IN4O2. The first-order valence-corrected chi connectivity index (χ1v) is 10.5. The third-order valence-electron chi connectivity index (χ3n) is 5.18. The number of anilines is 1. The van der Waals surface area contributed by atoms with E-state index in [1.54, 1.807) is 7.11 Å². The minimum absolute atomic E-state index is 0. The molecule has 0 saturated carbocycles. The first kappa shape index (κ1) is 26.0. The van der Waals surface area contributed by atoms with E-state index in [9.17, 15) is 0 Å². The number of guanidine groups is 1. The second kappa shape index (κ2) is 14.8. The van der Waals surface area contributed by atoms with Crippen molar-refractivity contribution in [3.63, 3.8) is 0 Å². The number of rotatable bonds is 10. The summed E-state index contributed by atoms with van der Waals surface area (Å²) in [5.74, 6) is 1.01. The number of nitrogens with one attached hydrogen (secondary N) is 1. The molecule has 1 aromatic carbocycles. The van der Waals surface area contributed by atoms with Gasteiger partial charge in [-0.05, 0) is 49.8 Å². The fraction of sp³-hybridized carbons (Fsp3) is 0.682. The number of aryl methyl sites for hydroxylation is 1. The SMILES string of the molecule is CN=C(NCCCc1ccc(N(C)C)cc1)N1CCC(OCCCOC)CC1.I. The van der Waals surface area contributed by atoms with Gasteiger partial charge >= 0.3 is 0 Å². The van der Waals surface area contributed by atoms with Gasteiger partial charge in [0, 0.05) is 66.8 Å². The first-order valence-electron chi connectivity index (χ1n) is 10.5.